The van der Waals surface area contributed by atoms with Gasteiger partial charge in [-0.15, -0.1) is 0 Å². The van der Waals surface area contributed by atoms with Gasteiger partial charge in [-0.2, -0.15) is 0 Å². The first kappa shape index (κ1) is 15.8. The predicted octanol–water partition coefficient (Wildman–Crippen LogP) is 5.42. The zero-order chi connectivity index (χ0) is 16.9. The van der Waals surface area contributed by atoms with E-state index in [1.54, 1.807) is 0 Å². The van der Waals surface area contributed by atoms with Crippen molar-refractivity contribution in [1.29, 1.82) is 0 Å². The Morgan fingerprint density at radius 2 is 1.46 bits per heavy atom. The van der Waals surface area contributed by atoms with Gasteiger partial charge < -0.3 is 4.74 Å². The Hall–Kier alpha value is -3.13. The number of carbonyl (C=O) groups excluding carboxylic acids is 1. The lowest BCUT2D eigenvalue weighted by Gasteiger charge is -2.17. The lowest BCUT2D eigenvalue weighted by atomic mass is 9.92. The standard InChI is InChI=1S/C22H18O2/c1-3-20(23)24-22-16(2)14-15-19(17-10-6-4-7-11-17)21(22)18-12-8-5-9-13-18/h3-15H,1H2,2H3. The van der Waals surface area contributed by atoms with Gasteiger partial charge in [0.2, 0.25) is 0 Å². The maximum absolute atomic E-state index is 11.8. The van der Waals surface area contributed by atoms with Gasteiger partial charge in [-0.25, -0.2) is 4.79 Å². The molecule has 3 rings (SSSR count). The summed E-state index contributed by atoms with van der Waals surface area (Å²) in [7, 11) is 0. The highest BCUT2D eigenvalue weighted by molar-refractivity contribution is 5.92. The minimum Gasteiger partial charge on any atom is -0.422 e. The zero-order valence-corrected chi connectivity index (χ0v) is 13.5. The van der Waals surface area contributed by atoms with E-state index in [0.717, 1.165) is 27.8 Å². The van der Waals surface area contributed by atoms with Crippen LogP contribution in [0.1, 0.15) is 5.56 Å². The van der Waals surface area contributed by atoms with E-state index in [1.165, 1.54) is 6.08 Å². The predicted molar refractivity (Wildman–Crippen MR) is 97.9 cm³/mol. The van der Waals surface area contributed by atoms with Crippen molar-refractivity contribution in [1.82, 2.24) is 0 Å². The van der Waals surface area contributed by atoms with Gasteiger partial charge in [0.1, 0.15) is 5.75 Å². The summed E-state index contributed by atoms with van der Waals surface area (Å²) >= 11 is 0. The van der Waals surface area contributed by atoms with Crippen molar-refractivity contribution in [3.8, 4) is 28.0 Å². The Morgan fingerprint density at radius 3 is 2.04 bits per heavy atom. The second kappa shape index (κ2) is 6.97. The van der Waals surface area contributed by atoms with Gasteiger partial charge >= 0.3 is 5.97 Å². The van der Waals surface area contributed by atoms with Crippen LogP contribution < -0.4 is 4.74 Å². The third kappa shape index (κ3) is 3.13. The SMILES string of the molecule is C=CC(=O)Oc1c(C)ccc(-c2ccccc2)c1-c1ccccc1. The number of esters is 1. The number of aryl methyl sites for hydroxylation is 1. The van der Waals surface area contributed by atoms with Gasteiger partial charge in [-0.1, -0.05) is 79.4 Å². The highest BCUT2D eigenvalue weighted by Crippen LogP contribution is 2.41. The first-order valence-electron chi connectivity index (χ1n) is 7.79. The molecule has 0 N–H and O–H groups in total. The molecule has 0 aliphatic carbocycles. The molecule has 0 aromatic heterocycles. The zero-order valence-electron chi connectivity index (χ0n) is 13.5. The van der Waals surface area contributed by atoms with Crippen molar-refractivity contribution >= 4 is 5.97 Å². The molecular formula is C22H18O2. The van der Waals surface area contributed by atoms with Crippen LogP contribution in [0, 0.1) is 6.92 Å². The number of rotatable bonds is 4. The average Bonchev–Trinajstić information content (AvgIpc) is 2.64. The minimum absolute atomic E-state index is 0.458. The van der Waals surface area contributed by atoms with E-state index in [9.17, 15) is 4.79 Å². The van der Waals surface area contributed by atoms with Crippen LogP contribution >= 0.6 is 0 Å². The number of carbonyl (C=O) groups is 1. The second-order valence-corrected chi connectivity index (χ2v) is 5.49. The minimum atomic E-state index is -0.458. The molecule has 0 saturated carbocycles. The molecule has 0 saturated heterocycles. The number of benzene rings is 3. The molecule has 3 aromatic rings. The fourth-order valence-electron chi connectivity index (χ4n) is 2.71. The molecule has 118 valence electrons. The van der Waals surface area contributed by atoms with E-state index in [4.69, 9.17) is 4.74 Å². The fraction of sp³-hybridized carbons (Fsp3) is 0.0455. The normalized spacial score (nSPS) is 10.2. The van der Waals surface area contributed by atoms with Gasteiger partial charge in [-0.05, 0) is 29.2 Å². The molecule has 0 amide bonds. The van der Waals surface area contributed by atoms with Crippen LogP contribution in [0.15, 0.2) is 85.5 Å². The monoisotopic (exact) mass is 314 g/mol. The second-order valence-electron chi connectivity index (χ2n) is 5.49. The lowest BCUT2D eigenvalue weighted by Crippen LogP contribution is -2.06. The average molecular weight is 314 g/mol. The summed E-state index contributed by atoms with van der Waals surface area (Å²) in [5, 5.41) is 0. The molecule has 0 heterocycles. The van der Waals surface area contributed by atoms with Crippen LogP contribution in [0.5, 0.6) is 5.75 Å². The number of ether oxygens (including phenoxy) is 1. The van der Waals surface area contributed by atoms with Gasteiger partial charge in [0.15, 0.2) is 0 Å². The van der Waals surface area contributed by atoms with Crippen LogP contribution in [0.3, 0.4) is 0 Å². The molecule has 0 fully saturated rings. The Kier molecular flexibility index (Phi) is 4.57. The highest BCUT2D eigenvalue weighted by atomic mass is 16.5. The molecule has 2 nitrogen and oxygen atoms in total. The summed E-state index contributed by atoms with van der Waals surface area (Å²) in [6.45, 7) is 5.43. The molecule has 0 bridgehead atoms. The fourth-order valence-corrected chi connectivity index (χ4v) is 2.71. The summed E-state index contributed by atoms with van der Waals surface area (Å²) in [5.41, 5.74) is 4.93. The third-order valence-electron chi connectivity index (χ3n) is 3.87. The van der Waals surface area contributed by atoms with Crippen molar-refractivity contribution in [3.05, 3.63) is 91.0 Å². The smallest absolute Gasteiger partial charge is 0.335 e. The third-order valence-corrected chi connectivity index (χ3v) is 3.87. The van der Waals surface area contributed by atoms with Crippen LogP contribution in [0.25, 0.3) is 22.3 Å². The van der Waals surface area contributed by atoms with Gasteiger partial charge in [-0.3, -0.25) is 0 Å². The van der Waals surface area contributed by atoms with Crippen molar-refractivity contribution in [2.75, 3.05) is 0 Å². The Labute approximate surface area is 142 Å². The largest absolute Gasteiger partial charge is 0.422 e. The van der Waals surface area contributed by atoms with Crippen LogP contribution in [-0.2, 0) is 4.79 Å². The quantitative estimate of drug-likeness (QED) is 0.365. The Bertz CT molecular complexity index is 865. The van der Waals surface area contributed by atoms with Crippen LogP contribution in [0.4, 0.5) is 0 Å². The topological polar surface area (TPSA) is 26.3 Å². The molecule has 0 atom stereocenters. The summed E-state index contributed by atoms with van der Waals surface area (Å²) < 4.78 is 5.59. The van der Waals surface area contributed by atoms with Gasteiger partial charge in [0.05, 0.1) is 0 Å². The Morgan fingerprint density at radius 1 is 0.875 bits per heavy atom. The van der Waals surface area contributed by atoms with Crippen molar-refractivity contribution in [2.45, 2.75) is 6.92 Å². The van der Waals surface area contributed by atoms with E-state index in [-0.39, 0.29) is 0 Å². The molecule has 0 radical (unpaired) electrons. The molecule has 0 unspecified atom stereocenters. The van der Waals surface area contributed by atoms with Crippen molar-refractivity contribution in [2.24, 2.45) is 0 Å². The molecule has 0 spiro atoms. The van der Waals surface area contributed by atoms with Crippen LogP contribution in [-0.4, -0.2) is 5.97 Å². The highest BCUT2D eigenvalue weighted by Gasteiger charge is 2.17. The van der Waals surface area contributed by atoms with Crippen molar-refractivity contribution < 1.29 is 9.53 Å². The van der Waals surface area contributed by atoms with Crippen molar-refractivity contribution in [3.63, 3.8) is 0 Å². The number of hydrogen-bond acceptors (Lipinski definition) is 2. The van der Waals surface area contributed by atoms with Gasteiger partial charge in [0, 0.05) is 11.6 Å². The molecule has 2 heteroatoms. The van der Waals surface area contributed by atoms with E-state index < -0.39 is 5.97 Å². The first-order chi connectivity index (χ1) is 11.7. The molecular weight excluding hydrogens is 296 g/mol. The summed E-state index contributed by atoms with van der Waals surface area (Å²) in [4.78, 5) is 11.8. The summed E-state index contributed by atoms with van der Waals surface area (Å²) in [5.74, 6) is 0.118. The Balaban J connectivity index is 2.29. The van der Waals surface area contributed by atoms with E-state index in [2.05, 4.69) is 24.8 Å². The van der Waals surface area contributed by atoms with Gasteiger partial charge in [0.25, 0.3) is 0 Å². The maximum atomic E-state index is 11.8. The van der Waals surface area contributed by atoms with E-state index in [1.807, 2.05) is 61.5 Å². The molecule has 3 aromatic carbocycles. The van der Waals surface area contributed by atoms with Crippen LogP contribution in [0.2, 0.25) is 0 Å². The molecule has 0 aliphatic rings. The summed E-state index contributed by atoms with van der Waals surface area (Å²) in [6, 6.07) is 24.1. The summed E-state index contributed by atoms with van der Waals surface area (Å²) in [6.07, 6.45) is 1.18. The van der Waals surface area contributed by atoms with E-state index in [0.29, 0.717) is 5.75 Å². The first-order valence-corrected chi connectivity index (χ1v) is 7.79. The number of hydrogen-bond donors (Lipinski definition) is 0. The van der Waals surface area contributed by atoms with E-state index >= 15 is 0 Å². The molecule has 24 heavy (non-hydrogen) atoms. The lowest BCUT2D eigenvalue weighted by molar-refractivity contribution is -0.128. The maximum Gasteiger partial charge on any atom is 0.335 e. The molecule has 0 aliphatic heterocycles.